The second-order valence-electron chi connectivity index (χ2n) is 4.09. The number of phenols is 1. The largest absolute Gasteiger partial charge is 0.507 e. The zero-order valence-corrected chi connectivity index (χ0v) is 11.2. The van der Waals surface area contributed by atoms with Crippen LogP contribution in [-0.2, 0) is 9.47 Å². The van der Waals surface area contributed by atoms with Gasteiger partial charge in [-0.2, -0.15) is 0 Å². The van der Waals surface area contributed by atoms with Crippen LogP contribution < -0.4 is 5.32 Å². The first-order valence-electron chi connectivity index (χ1n) is 6.38. The topological polar surface area (TPSA) is 67.8 Å². The number of unbranched alkanes of at least 4 members (excludes halogenated alkanes) is 1. The minimum absolute atomic E-state index is 0.00268. The maximum Gasteiger partial charge on any atom is 0.255 e. The van der Waals surface area contributed by atoms with Gasteiger partial charge in [-0.15, -0.1) is 0 Å². The summed E-state index contributed by atoms with van der Waals surface area (Å²) >= 11 is 0. The number of hydrogen-bond donors (Lipinski definition) is 2. The van der Waals surface area contributed by atoms with E-state index in [0.717, 1.165) is 12.8 Å². The van der Waals surface area contributed by atoms with Gasteiger partial charge in [0.1, 0.15) is 5.75 Å². The third kappa shape index (κ3) is 6.22. The molecule has 1 amide bonds. The number of phenolic OH excluding ortho intramolecular Hbond substituents is 1. The van der Waals surface area contributed by atoms with E-state index in [0.29, 0.717) is 31.9 Å². The number of para-hydroxylation sites is 1. The Labute approximate surface area is 113 Å². The molecule has 0 aliphatic rings. The number of hydrogen-bond acceptors (Lipinski definition) is 4. The molecule has 106 valence electrons. The molecule has 19 heavy (non-hydrogen) atoms. The average Bonchev–Trinajstić information content (AvgIpc) is 2.42. The Morgan fingerprint density at radius 2 is 2.00 bits per heavy atom. The van der Waals surface area contributed by atoms with E-state index in [1.165, 1.54) is 6.07 Å². The molecular weight excluding hydrogens is 246 g/mol. The predicted octanol–water partition coefficient (Wildman–Crippen LogP) is 1.57. The average molecular weight is 267 g/mol. The van der Waals surface area contributed by atoms with Crippen molar-refractivity contribution in [3.63, 3.8) is 0 Å². The summed E-state index contributed by atoms with van der Waals surface area (Å²) in [5.74, 6) is -0.249. The number of amides is 1. The van der Waals surface area contributed by atoms with Gasteiger partial charge in [0.25, 0.3) is 5.91 Å². The molecule has 1 rings (SSSR count). The molecule has 0 saturated carbocycles. The van der Waals surface area contributed by atoms with E-state index in [9.17, 15) is 9.90 Å². The Bertz CT molecular complexity index is 381. The van der Waals surface area contributed by atoms with E-state index in [2.05, 4.69) is 5.32 Å². The fraction of sp³-hybridized carbons (Fsp3) is 0.500. The van der Waals surface area contributed by atoms with Crippen LogP contribution in [0.4, 0.5) is 0 Å². The van der Waals surface area contributed by atoms with E-state index < -0.39 is 0 Å². The van der Waals surface area contributed by atoms with Crippen molar-refractivity contribution in [2.75, 3.05) is 33.5 Å². The molecule has 1 aromatic rings. The number of carbonyl (C=O) groups excluding carboxylic acids is 1. The van der Waals surface area contributed by atoms with Crippen LogP contribution >= 0.6 is 0 Å². The van der Waals surface area contributed by atoms with Crippen molar-refractivity contribution < 1.29 is 19.4 Å². The van der Waals surface area contributed by atoms with Crippen molar-refractivity contribution in [3.8, 4) is 5.75 Å². The molecule has 0 atom stereocenters. The van der Waals surface area contributed by atoms with Crippen LogP contribution in [0.3, 0.4) is 0 Å². The molecular formula is C14H21NO4. The summed E-state index contributed by atoms with van der Waals surface area (Å²) in [5, 5.41) is 12.3. The minimum Gasteiger partial charge on any atom is -0.507 e. The first kappa shape index (κ1) is 15.5. The minimum atomic E-state index is -0.251. The molecule has 0 saturated heterocycles. The van der Waals surface area contributed by atoms with Gasteiger partial charge in [-0.25, -0.2) is 0 Å². The zero-order valence-electron chi connectivity index (χ0n) is 11.2. The molecule has 5 nitrogen and oxygen atoms in total. The summed E-state index contributed by atoms with van der Waals surface area (Å²) in [6, 6.07) is 6.50. The van der Waals surface area contributed by atoms with Gasteiger partial charge >= 0.3 is 0 Å². The van der Waals surface area contributed by atoms with Crippen molar-refractivity contribution in [2.45, 2.75) is 12.8 Å². The monoisotopic (exact) mass is 267 g/mol. The van der Waals surface area contributed by atoms with Gasteiger partial charge in [-0.05, 0) is 25.0 Å². The lowest BCUT2D eigenvalue weighted by atomic mass is 10.2. The number of ether oxygens (including phenoxy) is 2. The van der Waals surface area contributed by atoms with E-state index in [-0.39, 0.29) is 11.7 Å². The Balaban J connectivity index is 2.10. The zero-order chi connectivity index (χ0) is 13.9. The molecule has 0 aliphatic heterocycles. The standard InChI is InChI=1S/C14H21NO4/c1-18-10-11-19-9-5-4-8-15-14(17)12-6-2-3-7-13(12)16/h2-3,6-7,16H,4-5,8-11H2,1H3,(H,15,17). The Morgan fingerprint density at radius 1 is 1.21 bits per heavy atom. The maximum atomic E-state index is 11.7. The van der Waals surface area contributed by atoms with Gasteiger partial charge in [0.05, 0.1) is 18.8 Å². The number of nitrogens with one attached hydrogen (secondary N) is 1. The van der Waals surface area contributed by atoms with E-state index >= 15 is 0 Å². The first-order chi connectivity index (χ1) is 9.25. The van der Waals surface area contributed by atoms with Crippen LogP contribution in [0.2, 0.25) is 0 Å². The summed E-state index contributed by atoms with van der Waals surface area (Å²) in [4.78, 5) is 11.7. The third-order valence-electron chi connectivity index (χ3n) is 2.58. The lowest BCUT2D eigenvalue weighted by Gasteiger charge is -2.07. The first-order valence-corrected chi connectivity index (χ1v) is 6.38. The summed E-state index contributed by atoms with van der Waals surface area (Å²) in [6.45, 7) is 2.43. The van der Waals surface area contributed by atoms with E-state index in [4.69, 9.17) is 9.47 Å². The fourth-order valence-electron chi connectivity index (χ4n) is 1.54. The molecule has 0 unspecified atom stereocenters. The quantitative estimate of drug-likeness (QED) is 0.666. The lowest BCUT2D eigenvalue weighted by molar-refractivity contribution is 0.0686. The fourth-order valence-corrected chi connectivity index (χ4v) is 1.54. The van der Waals surface area contributed by atoms with Crippen LogP contribution in [0.1, 0.15) is 23.2 Å². The second kappa shape index (κ2) is 9.35. The Hall–Kier alpha value is -1.59. The summed E-state index contributed by atoms with van der Waals surface area (Å²) < 4.78 is 10.2. The molecule has 0 aromatic heterocycles. The van der Waals surface area contributed by atoms with Gasteiger partial charge < -0.3 is 19.9 Å². The number of benzene rings is 1. The molecule has 0 heterocycles. The molecule has 0 fully saturated rings. The van der Waals surface area contributed by atoms with E-state index in [1.54, 1.807) is 25.3 Å². The lowest BCUT2D eigenvalue weighted by Crippen LogP contribution is -2.24. The number of rotatable bonds is 9. The summed E-state index contributed by atoms with van der Waals surface area (Å²) in [7, 11) is 1.64. The number of aromatic hydroxyl groups is 1. The number of carbonyl (C=O) groups is 1. The highest BCUT2D eigenvalue weighted by Crippen LogP contribution is 2.14. The molecule has 0 radical (unpaired) electrons. The molecule has 1 aromatic carbocycles. The van der Waals surface area contributed by atoms with Crippen LogP contribution in [0.25, 0.3) is 0 Å². The molecule has 0 aliphatic carbocycles. The molecule has 5 heteroatoms. The molecule has 0 bridgehead atoms. The SMILES string of the molecule is COCCOCCCCNC(=O)c1ccccc1O. The number of methoxy groups -OCH3 is 1. The van der Waals surface area contributed by atoms with Crippen molar-refractivity contribution in [2.24, 2.45) is 0 Å². The van der Waals surface area contributed by atoms with Crippen LogP contribution in [-0.4, -0.2) is 44.5 Å². The van der Waals surface area contributed by atoms with Crippen molar-refractivity contribution in [3.05, 3.63) is 29.8 Å². The highest BCUT2D eigenvalue weighted by atomic mass is 16.5. The second-order valence-corrected chi connectivity index (χ2v) is 4.09. The third-order valence-corrected chi connectivity index (χ3v) is 2.58. The van der Waals surface area contributed by atoms with Gasteiger partial charge in [0.15, 0.2) is 0 Å². The van der Waals surface area contributed by atoms with Crippen LogP contribution in [0.15, 0.2) is 24.3 Å². The van der Waals surface area contributed by atoms with Gasteiger partial charge in [0.2, 0.25) is 0 Å². The maximum absolute atomic E-state index is 11.7. The Kier molecular flexibility index (Phi) is 7.62. The van der Waals surface area contributed by atoms with Crippen LogP contribution in [0.5, 0.6) is 5.75 Å². The predicted molar refractivity (Wildman–Crippen MR) is 72.4 cm³/mol. The van der Waals surface area contributed by atoms with Crippen LogP contribution in [0, 0.1) is 0 Å². The molecule has 0 spiro atoms. The Morgan fingerprint density at radius 3 is 2.74 bits per heavy atom. The van der Waals surface area contributed by atoms with Gasteiger partial charge in [0, 0.05) is 20.3 Å². The summed E-state index contributed by atoms with van der Waals surface area (Å²) in [5.41, 5.74) is 0.304. The molecule has 2 N–H and O–H groups in total. The van der Waals surface area contributed by atoms with Crippen molar-refractivity contribution in [1.82, 2.24) is 5.32 Å². The van der Waals surface area contributed by atoms with Gasteiger partial charge in [-0.1, -0.05) is 12.1 Å². The van der Waals surface area contributed by atoms with Crippen molar-refractivity contribution >= 4 is 5.91 Å². The summed E-state index contributed by atoms with van der Waals surface area (Å²) in [6.07, 6.45) is 1.72. The smallest absolute Gasteiger partial charge is 0.255 e. The van der Waals surface area contributed by atoms with E-state index in [1.807, 2.05) is 0 Å². The van der Waals surface area contributed by atoms with Crippen molar-refractivity contribution in [1.29, 1.82) is 0 Å². The highest BCUT2D eigenvalue weighted by molar-refractivity contribution is 5.96. The van der Waals surface area contributed by atoms with Gasteiger partial charge in [-0.3, -0.25) is 4.79 Å². The normalized spacial score (nSPS) is 10.4. The highest BCUT2D eigenvalue weighted by Gasteiger charge is 2.08.